The topological polar surface area (TPSA) is 43.7 Å². The first kappa shape index (κ1) is 14.3. The SMILES string of the molecule is Cn1cccc1[C@H]1COCCN1C(=O)[C@@H]1COc2ccccc21. The summed E-state index contributed by atoms with van der Waals surface area (Å²) in [5.41, 5.74) is 2.10. The van der Waals surface area contributed by atoms with Gasteiger partial charge in [0.1, 0.15) is 18.3 Å². The second-order valence-electron chi connectivity index (χ2n) is 6.07. The van der Waals surface area contributed by atoms with Crippen LogP contribution in [0.3, 0.4) is 0 Å². The Morgan fingerprint density at radius 2 is 2.04 bits per heavy atom. The third-order valence-electron chi connectivity index (χ3n) is 4.73. The van der Waals surface area contributed by atoms with Gasteiger partial charge in [-0.3, -0.25) is 4.79 Å². The number of aryl methyl sites for hydroxylation is 1. The van der Waals surface area contributed by atoms with E-state index in [0.717, 1.165) is 17.0 Å². The van der Waals surface area contributed by atoms with Gasteiger partial charge in [0.05, 0.1) is 19.3 Å². The Bertz CT molecular complexity index is 725. The van der Waals surface area contributed by atoms with Gasteiger partial charge < -0.3 is 18.9 Å². The summed E-state index contributed by atoms with van der Waals surface area (Å²) in [6, 6.07) is 11.8. The number of morpholine rings is 1. The van der Waals surface area contributed by atoms with Crippen molar-refractivity contribution in [2.45, 2.75) is 12.0 Å². The van der Waals surface area contributed by atoms with Crippen molar-refractivity contribution in [3.05, 3.63) is 53.9 Å². The Hall–Kier alpha value is -2.27. The van der Waals surface area contributed by atoms with Gasteiger partial charge in [0.2, 0.25) is 5.91 Å². The van der Waals surface area contributed by atoms with Crippen LogP contribution >= 0.6 is 0 Å². The molecule has 1 aromatic carbocycles. The molecule has 3 heterocycles. The van der Waals surface area contributed by atoms with Gasteiger partial charge in [0, 0.05) is 31.0 Å². The largest absolute Gasteiger partial charge is 0.492 e. The minimum Gasteiger partial charge on any atom is -0.492 e. The molecule has 0 saturated carbocycles. The van der Waals surface area contributed by atoms with E-state index in [9.17, 15) is 4.79 Å². The number of hydrogen-bond acceptors (Lipinski definition) is 3. The maximum absolute atomic E-state index is 13.2. The number of fused-ring (bicyclic) bond motifs is 1. The van der Waals surface area contributed by atoms with Crippen LogP contribution in [-0.4, -0.2) is 41.7 Å². The number of carbonyl (C=O) groups excluding carboxylic acids is 1. The number of carbonyl (C=O) groups is 1. The molecule has 5 nitrogen and oxygen atoms in total. The molecule has 120 valence electrons. The molecule has 5 heteroatoms. The first-order chi connectivity index (χ1) is 11.3. The van der Waals surface area contributed by atoms with E-state index in [4.69, 9.17) is 9.47 Å². The summed E-state index contributed by atoms with van der Waals surface area (Å²) < 4.78 is 13.4. The van der Waals surface area contributed by atoms with Crippen LogP contribution in [0.1, 0.15) is 23.2 Å². The van der Waals surface area contributed by atoms with Gasteiger partial charge in [-0.25, -0.2) is 0 Å². The summed E-state index contributed by atoms with van der Waals surface area (Å²) in [6.45, 7) is 2.17. The highest BCUT2D eigenvalue weighted by molar-refractivity contribution is 5.86. The van der Waals surface area contributed by atoms with E-state index in [0.29, 0.717) is 26.4 Å². The quantitative estimate of drug-likeness (QED) is 0.853. The standard InChI is InChI=1S/C18H20N2O3/c1-19-8-4-6-15(19)16-12-22-10-9-20(16)18(21)14-11-23-17-7-3-2-5-13(14)17/h2-8,14,16H,9-12H2,1H3/t14-,16-/m1/s1. The second-order valence-corrected chi connectivity index (χ2v) is 6.07. The van der Waals surface area contributed by atoms with Crippen LogP contribution in [0.15, 0.2) is 42.6 Å². The van der Waals surface area contributed by atoms with Crippen molar-refractivity contribution in [3.63, 3.8) is 0 Å². The number of amides is 1. The monoisotopic (exact) mass is 312 g/mol. The molecule has 0 aliphatic carbocycles. The van der Waals surface area contributed by atoms with Crippen LogP contribution in [0.4, 0.5) is 0 Å². The molecule has 0 unspecified atom stereocenters. The number of ether oxygens (including phenoxy) is 2. The van der Waals surface area contributed by atoms with Crippen LogP contribution in [0.5, 0.6) is 5.75 Å². The van der Waals surface area contributed by atoms with Gasteiger partial charge >= 0.3 is 0 Å². The Labute approximate surface area is 135 Å². The van der Waals surface area contributed by atoms with Gasteiger partial charge in [0.25, 0.3) is 0 Å². The molecule has 1 aromatic heterocycles. The smallest absolute Gasteiger partial charge is 0.234 e. The molecule has 2 atom stereocenters. The molecule has 0 N–H and O–H groups in total. The molecule has 23 heavy (non-hydrogen) atoms. The maximum atomic E-state index is 13.2. The Balaban J connectivity index is 1.63. The molecule has 2 aromatic rings. The van der Waals surface area contributed by atoms with E-state index in [2.05, 4.69) is 10.6 Å². The lowest BCUT2D eigenvalue weighted by atomic mass is 9.98. The third kappa shape index (κ3) is 2.41. The highest BCUT2D eigenvalue weighted by atomic mass is 16.5. The normalized spacial score (nSPS) is 23.4. The number of aromatic nitrogens is 1. The Kier molecular flexibility index (Phi) is 3.58. The predicted octanol–water partition coefficient (Wildman–Crippen LogP) is 2.10. The Morgan fingerprint density at radius 1 is 1.17 bits per heavy atom. The highest BCUT2D eigenvalue weighted by Gasteiger charge is 2.38. The fraction of sp³-hybridized carbons (Fsp3) is 0.389. The molecule has 0 bridgehead atoms. The lowest BCUT2D eigenvalue weighted by Crippen LogP contribution is -2.46. The van der Waals surface area contributed by atoms with Crippen LogP contribution < -0.4 is 4.74 Å². The number of hydrogen-bond donors (Lipinski definition) is 0. The lowest BCUT2D eigenvalue weighted by Gasteiger charge is -2.37. The number of benzene rings is 1. The maximum Gasteiger partial charge on any atom is 0.234 e. The first-order valence-corrected chi connectivity index (χ1v) is 7.97. The molecular weight excluding hydrogens is 292 g/mol. The van der Waals surface area contributed by atoms with E-state index in [-0.39, 0.29) is 17.9 Å². The van der Waals surface area contributed by atoms with Crippen molar-refractivity contribution in [1.82, 2.24) is 9.47 Å². The summed E-state index contributed by atoms with van der Waals surface area (Å²) in [5, 5.41) is 0. The van der Waals surface area contributed by atoms with Crippen LogP contribution in [0, 0.1) is 0 Å². The van der Waals surface area contributed by atoms with Crippen LogP contribution in [0.25, 0.3) is 0 Å². The van der Waals surface area contributed by atoms with Crippen molar-refractivity contribution in [2.75, 3.05) is 26.4 Å². The number of nitrogens with zero attached hydrogens (tertiary/aromatic N) is 2. The minimum atomic E-state index is -0.216. The van der Waals surface area contributed by atoms with E-state index >= 15 is 0 Å². The average Bonchev–Trinajstić information content (AvgIpc) is 3.20. The van der Waals surface area contributed by atoms with Crippen molar-refractivity contribution in [2.24, 2.45) is 7.05 Å². The molecular formula is C18H20N2O3. The van der Waals surface area contributed by atoms with Crippen molar-refractivity contribution in [1.29, 1.82) is 0 Å². The second kappa shape index (κ2) is 5.74. The van der Waals surface area contributed by atoms with Gasteiger partial charge in [-0.15, -0.1) is 0 Å². The van der Waals surface area contributed by atoms with Gasteiger partial charge in [-0.1, -0.05) is 18.2 Å². The molecule has 0 radical (unpaired) electrons. The zero-order valence-electron chi connectivity index (χ0n) is 13.1. The fourth-order valence-electron chi connectivity index (χ4n) is 3.50. The zero-order chi connectivity index (χ0) is 15.8. The van der Waals surface area contributed by atoms with Crippen molar-refractivity contribution < 1.29 is 14.3 Å². The van der Waals surface area contributed by atoms with Gasteiger partial charge in [0.15, 0.2) is 0 Å². The van der Waals surface area contributed by atoms with E-state index in [1.54, 1.807) is 0 Å². The van der Waals surface area contributed by atoms with Crippen LogP contribution in [0.2, 0.25) is 0 Å². The molecule has 2 aliphatic rings. The predicted molar refractivity (Wildman–Crippen MR) is 85.4 cm³/mol. The molecule has 2 aliphatic heterocycles. The van der Waals surface area contributed by atoms with Gasteiger partial charge in [-0.2, -0.15) is 0 Å². The molecule has 1 fully saturated rings. The highest BCUT2D eigenvalue weighted by Crippen LogP contribution is 2.36. The van der Waals surface area contributed by atoms with Gasteiger partial charge in [-0.05, 0) is 18.2 Å². The van der Waals surface area contributed by atoms with E-state index < -0.39 is 0 Å². The number of rotatable bonds is 2. The zero-order valence-corrected chi connectivity index (χ0v) is 13.1. The fourth-order valence-corrected chi connectivity index (χ4v) is 3.50. The Morgan fingerprint density at radius 3 is 2.87 bits per heavy atom. The summed E-state index contributed by atoms with van der Waals surface area (Å²) in [7, 11) is 2.00. The van der Waals surface area contributed by atoms with Crippen molar-refractivity contribution >= 4 is 5.91 Å². The molecule has 1 saturated heterocycles. The minimum absolute atomic E-state index is 0.0380. The van der Waals surface area contributed by atoms with E-state index in [1.807, 2.05) is 48.5 Å². The molecule has 1 amide bonds. The summed E-state index contributed by atoms with van der Waals surface area (Å²) >= 11 is 0. The molecule has 4 rings (SSSR count). The van der Waals surface area contributed by atoms with E-state index in [1.165, 1.54) is 0 Å². The molecule has 0 spiro atoms. The lowest BCUT2D eigenvalue weighted by molar-refractivity contribution is -0.142. The summed E-state index contributed by atoms with van der Waals surface area (Å²) in [4.78, 5) is 15.1. The summed E-state index contributed by atoms with van der Waals surface area (Å²) in [6.07, 6.45) is 2.00. The summed E-state index contributed by atoms with van der Waals surface area (Å²) in [5.74, 6) is 0.742. The third-order valence-corrected chi connectivity index (χ3v) is 4.73. The first-order valence-electron chi connectivity index (χ1n) is 7.97. The van der Waals surface area contributed by atoms with Crippen LogP contribution in [-0.2, 0) is 16.6 Å². The average molecular weight is 312 g/mol. The number of para-hydroxylation sites is 1. The van der Waals surface area contributed by atoms with Crippen molar-refractivity contribution in [3.8, 4) is 5.75 Å².